The monoisotopic (exact) mass is 540 g/mol. The average molecular weight is 540 g/mol. The summed E-state index contributed by atoms with van der Waals surface area (Å²) in [5.74, 6) is 1.67. The highest BCUT2D eigenvalue weighted by atomic mass is 127. The zero-order chi connectivity index (χ0) is 21.6. The minimum atomic E-state index is 0. The number of nitrogens with one attached hydrogen (secondary N) is 2. The second-order valence-corrected chi connectivity index (χ2v) is 7.40. The molecule has 31 heavy (non-hydrogen) atoms. The molecule has 0 aliphatic heterocycles. The number of ether oxygens (including phenoxy) is 2. The maximum atomic E-state index is 5.42. The van der Waals surface area contributed by atoms with Crippen LogP contribution >= 0.6 is 24.0 Å². The number of rotatable bonds is 12. The van der Waals surface area contributed by atoms with E-state index in [9.17, 15) is 0 Å². The van der Waals surface area contributed by atoms with E-state index < -0.39 is 0 Å². The first-order valence-electron chi connectivity index (χ1n) is 10.6. The molecule has 172 valence electrons. The first-order chi connectivity index (χ1) is 14.6. The van der Waals surface area contributed by atoms with Gasteiger partial charge in [-0.15, -0.1) is 24.0 Å². The third-order valence-electron chi connectivity index (χ3n) is 4.49. The number of methoxy groups -OCH3 is 1. The maximum absolute atomic E-state index is 5.42. The molecule has 2 rings (SSSR count). The Morgan fingerprint density at radius 2 is 1.74 bits per heavy atom. The van der Waals surface area contributed by atoms with E-state index in [-0.39, 0.29) is 24.0 Å². The summed E-state index contributed by atoms with van der Waals surface area (Å²) in [6, 6.07) is 16.7. The van der Waals surface area contributed by atoms with E-state index in [1.807, 2.05) is 19.1 Å². The minimum absolute atomic E-state index is 0. The molecule has 2 aromatic rings. The van der Waals surface area contributed by atoms with E-state index in [0.29, 0.717) is 13.1 Å². The van der Waals surface area contributed by atoms with Crippen LogP contribution in [-0.2, 0) is 24.4 Å². The molecule has 0 atom stereocenters. The molecule has 0 bridgehead atoms. The average Bonchev–Trinajstić information content (AvgIpc) is 2.75. The van der Waals surface area contributed by atoms with Crippen molar-refractivity contribution < 1.29 is 9.47 Å². The number of aliphatic imine (C=N–C) groups is 1. The Bertz CT molecular complexity index is 766. The van der Waals surface area contributed by atoms with Gasteiger partial charge in [-0.1, -0.05) is 36.4 Å². The summed E-state index contributed by atoms with van der Waals surface area (Å²) in [7, 11) is 5.84. The molecule has 0 unspecified atom stereocenters. The summed E-state index contributed by atoms with van der Waals surface area (Å²) in [6.45, 7) is 6.58. The van der Waals surface area contributed by atoms with Crippen LogP contribution in [0.4, 0.5) is 0 Å². The van der Waals surface area contributed by atoms with E-state index in [1.54, 1.807) is 7.11 Å². The van der Waals surface area contributed by atoms with Crippen molar-refractivity contribution in [2.24, 2.45) is 4.99 Å². The lowest BCUT2D eigenvalue weighted by Crippen LogP contribution is -2.37. The molecular weight excluding hydrogens is 503 g/mol. The van der Waals surface area contributed by atoms with Gasteiger partial charge in [0.1, 0.15) is 5.75 Å². The second-order valence-electron chi connectivity index (χ2n) is 7.40. The molecule has 0 fully saturated rings. The molecule has 0 aromatic heterocycles. The highest BCUT2D eigenvalue weighted by Gasteiger charge is 2.02. The van der Waals surface area contributed by atoms with Crippen LogP contribution in [0.25, 0.3) is 0 Å². The molecule has 0 aliphatic carbocycles. The van der Waals surface area contributed by atoms with Crippen LogP contribution in [0.15, 0.2) is 53.5 Å². The summed E-state index contributed by atoms with van der Waals surface area (Å²) in [5.41, 5.74) is 3.67. The van der Waals surface area contributed by atoms with Crippen molar-refractivity contribution in [1.82, 2.24) is 15.5 Å². The topological polar surface area (TPSA) is 58.1 Å². The van der Waals surface area contributed by atoms with Gasteiger partial charge in [-0.05, 0) is 56.3 Å². The Morgan fingerprint density at radius 3 is 2.42 bits per heavy atom. The van der Waals surface area contributed by atoms with E-state index >= 15 is 0 Å². The maximum Gasteiger partial charge on any atom is 0.191 e. The van der Waals surface area contributed by atoms with E-state index in [1.165, 1.54) is 16.7 Å². The van der Waals surface area contributed by atoms with Crippen LogP contribution in [0.2, 0.25) is 0 Å². The second kappa shape index (κ2) is 15.9. The Kier molecular flexibility index (Phi) is 13.9. The fourth-order valence-corrected chi connectivity index (χ4v) is 2.99. The van der Waals surface area contributed by atoms with Crippen molar-refractivity contribution >= 4 is 29.9 Å². The normalized spacial score (nSPS) is 11.2. The Labute approximate surface area is 204 Å². The molecule has 0 heterocycles. The highest BCUT2D eigenvalue weighted by molar-refractivity contribution is 14.0. The van der Waals surface area contributed by atoms with Crippen LogP contribution < -0.4 is 15.4 Å². The lowest BCUT2D eigenvalue weighted by atomic mass is 10.1. The van der Waals surface area contributed by atoms with E-state index in [2.05, 4.69) is 66.0 Å². The molecule has 0 spiro atoms. The van der Waals surface area contributed by atoms with Gasteiger partial charge in [0.25, 0.3) is 0 Å². The Balaban J connectivity index is 0.00000480. The molecule has 7 heteroatoms. The van der Waals surface area contributed by atoms with Gasteiger partial charge in [0.05, 0.1) is 13.7 Å². The SMILES string of the molecule is CCOCCCNC(=NCc1cccc(CN(C)C)c1)NCc1ccc(OC)cc1.I. The summed E-state index contributed by atoms with van der Waals surface area (Å²) in [5, 5.41) is 6.85. The molecular formula is C24H37IN4O2. The number of guanidine groups is 1. The minimum Gasteiger partial charge on any atom is -0.497 e. The van der Waals surface area contributed by atoms with Crippen molar-refractivity contribution in [3.8, 4) is 5.75 Å². The van der Waals surface area contributed by atoms with Crippen LogP contribution in [0, 0.1) is 0 Å². The summed E-state index contributed by atoms with van der Waals surface area (Å²) >= 11 is 0. The van der Waals surface area contributed by atoms with Gasteiger partial charge in [0, 0.05) is 32.8 Å². The van der Waals surface area contributed by atoms with E-state index in [0.717, 1.165) is 44.4 Å². The lowest BCUT2D eigenvalue weighted by Gasteiger charge is -2.14. The van der Waals surface area contributed by atoms with Gasteiger partial charge in [-0.2, -0.15) is 0 Å². The van der Waals surface area contributed by atoms with Crippen LogP contribution in [0.1, 0.15) is 30.0 Å². The van der Waals surface area contributed by atoms with Crippen molar-refractivity contribution in [2.75, 3.05) is 41.0 Å². The van der Waals surface area contributed by atoms with Crippen LogP contribution in [0.3, 0.4) is 0 Å². The molecule has 0 saturated heterocycles. The summed E-state index contributed by atoms with van der Waals surface area (Å²) < 4.78 is 10.7. The van der Waals surface area contributed by atoms with Crippen molar-refractivity contribution in [1.29, 1.82) is 0 Å². The lowest BCUT2D eigenvalue weighted by molar-refractivity contribution is 0.145. The predicted octanol–water partition coefficient (Wildman–Crippen LogP) is 4.04. The molecule has 2 aromatic carbocycles. The van der Waals surface area contributed by atoms with Gasteiger partial charge < -0.3 is 25.0 Å². The zero-order valence-electron chi connectivity index (χ0n) is 19.2. The Morgan fingerprint density at radius 1 is 1.00 bits per heavy atom. The van der Waals surface area contributed by atoms with Crippen molar-refractivity contribution in [2.45, 2.75) is 33.0 Å². The largest absolute Gasteiger partial charge is 0.497 e. The third kappa shape index (κ3) is 11.4. The fourth-order valence-electron chi connectivity index (χ4n) is 2.99. The van der Waals surface area contributed by atoms with Crippen molar-refractivity contribution in [3.05, 3.63) is 65.2 Å². The first kappa shape index (κ1) is 27.2. The standard InChI is InChI=1S/C24H36N4O2.HI/c1-5-30-15-7-14-25-24(26-17-20-10-12-23(29-4)13-11-20)27-18-21-8-6-9-22(16-21)19-28(2)3;/h6,8-13,16H,5,7,14-15,17-19H2,1-4H3,(H2,25,26,27);1H. The molecule has 0 saturated carbocycles. The quantitative estimate of drug-likeness (QED) is 0.184. The molecule has 0 amide bonds. The molecule has 0 radical (unpaired) electrons. The predicted molar refractivity (Wildman–Crippen MR) is 139 cm³/mol. The zero-order valence-corrected chi connectivity index (χ0v) is 21.5. The van der Waals surface area contributed by atoms with Gasteiger partial charge >= 0.3 is 0 Å². The van der Waals surface area contributed by atoms with Gasteiger partial charge in [-0.3, -0.25) is 0 Å². The smallest absolute Gasteiger partial charge is 0.191 e. The van der Waals surface area contributed by atoms with Crippen molar-refractivity contribution in [3.63, 3.8) is 0 Å². The summed E-state index contributed by atoms with van der Waals surface area (Å²) in [4.78, 5) is 6.97. The number of benzene rings is 2. The fraction of sp³-hybridized carbons (Fsp3) is 0.458. The third-order valence-corrected chi connectivity index (χ3v) is 4.49. The van der Waals surface area contributed by atoms with Crippen LogP contribution in [-0.4, -0.2) is 51.8 Å². The van der Waals surface area contributed by atoms with Crippen LogP contribution in [0.5, 0.6) is 5.75 Å². The number of hydrogen-bond donors (Lipinski definition) is 2. The van der Waals surface area contributed by atoms with Gasteiger partial charge in [0.15, 0.2) is 5.96 Å². The number of hydrogen-bond acceptors (Lipinski definition) is 4. The molecule has 0 aliphatic rings. The highest BCUT2D eigenvalue weighted by Crippen LogP contribution is 2.11. The molecule has 2 N–H and O–H groups in total. The van der Waals surface area contributed by atoms with E-state index in [4.69, 9.17) is 14.5 Å². The number of nitrogens with zero attached hydrogens (tertiary/aromatic N) is 2. The van der Waals surface area contributed by atoms with Gasteiger partial charge in [0.2, 0.25) is 0 Å². The Hall–Kier alpha value is -1.84. The first-order valence-corrected chi connectivity index (χ1v) is 10.6. The number of halogens is 1. The summed E-state index contributed by atoms with van der Waals surface area (Å²) in [6.07, 6.45) is 0.940. The molecule has 6 nitrogen and oxygen atoms in total. The van der Waals surface area contributed by atoms with Gasteiger partial charge in [-0.25, -0.2) is 4.99 Å².